The van der Waals surface area contributed by atoms with Gasteiger partial charge in [-0.1, -0.05) is 0 Å². The van der Waals surface area contributed by atoms with Crippen molar-refractivity contribution in [3.05, 3.63) is 0 Å². The molecule has 2 heterocycles. The van der Waals surface area contributed by atoms with Crippen LogP contribution in [0.5, 0.6) is 0 Å². The molecular weight excluding hydrogens is 288 g/mol. The van der Waals surface area contributed by atoms with Crippen molar-refractivity contribution in [3.63, 3.8) is 0 Å². The summed E-state index contributed by atoms with van der Waals surface area (Å²) in [7, 11) is 2.15. The number of ether oxygens (including phenoxy) is 1. The van der Waals surface area contributed by atoms with Crippen LogP contribution in [0.1, 0.15) is 40.0 Å². The van der Waals surface area contributed by atoms with E-state index in [-0.39, 0.29) is 0 Å². The highest BCUT2D eigenvalue weighted by atomic mass is 16.5. The molecule has 0 aliphatic carbocycles. The first-order valence-corrected chi connectivity index (χ1v) is 9.41. The summed E-state index contributed by atoms with van der Waals surface area (Å²) < 4.78 is 5.49. The van der Waals surface area contributed by atoms with Gasteiger partial charge in [0.2, 0.25) is 0 Å². The van der Waals surface area contributed by atoms with Crippen molar-refractivity contribution in [2.24, 2.45) is 16.8 Å². The van der Waals surface area contributed by atoms with Crippen molar-refractivity contribution >= 4 is 5.96 Å². The second-order valence-electron chi connectivity index (χ2n) is 7.40. The van der Waals surface area contributed by atoms with Crippen LogP contribution in [0.3, 0.4) is 0 Å². The molecule has 1 N–H and O–H groups in total. The number of hydrogen-bond acceptors (Lipinski definition) is 3. The van der Waals surface area contributed by atoms with Gasteiger partial charge in [0.25, 0.3) is 0 Å². The van der Waals surface area contributed by atoms with Crippen LogP contribution in [-0.4, -0.2) is 74.8 Å². The lowest BCUT2D eigenvalue weighted by molar-refractivity contribution is 0.143. The molecule has 0 spiro atoms. The molecule has 5 nitrogen and oxygen atoms in total. The molecule has 2 fully saturated rings. The minimum atomic E-state index is 0.648. The molecule has 2 unspecified atom stereocenters. The van der Waals surface area contributed by atoms with Crippen LogP contribution in [0, 0.1) is 11.8 Å². The number of rotatable bonds is 6. The maximum atomic E-state index is 5.49. The summed E-state index contributed by atoms with van der Waals surface area (Å²) in [5.74, 6) is 2.40. The van der Waals surface area contributed by atoms with Crippen molar-refractivity contribution in [2.75, 3.05) is 53.0 Å². The Morgan fingerprint density at radius 2 is 2.17 bits per heavy atom. The van der Waals surface area contributed by atoms with Gasteiger partial charge in [0, 0.05) is 51.8 Å². The van der Waals surface area contributed by atoms with Crippen molar-refractivity contribution in [1.82, 2.24) is 15.1 Å². The van der Waals surface area contributed by atoms with E-state index < -0.39 is 0 Å². The Kier molecular flexibility index (Phi) is 7.63. The molecule has 2 saturated heterocycles. The van der Waals surface area contributed by atoms with Crippen LogP contribution in [0.15, 0.2) is 4.99 Å². The third-order valence-corrected chi connectivity index (χ3v) is 5.03. The molecule has 2 aliphatic rings. The molecule has 2 atom stereocenters. The first kappa shape index (κ1) is 18.5. The molecule has 2 rings (SSSR count). The third-order valence-electron chi connectivity index (χ3n) is 5.03. The Morgan fingerprint density at radius 1 is 1.35 bits per heavy atom. The van der Waals surface area contributed by atoms with Gasteiger partial charge in [0.1, 0.15) is 0 Å². The molecule has 2 aliphatic heterocycles. The fourth-order valence-corrected chi connectivity index (χ4v) is 3.60. The van der Waals surface area contributed by atoms with Gasteiger partial charge >= 0.3 is 0 Å². The first-order valence-electron chi connectivity index (χ1n) is 9.41. The molecular formula is C18H36N4O. The second-order valence-corrected chi connectivity index (χ2v) is 7.40. The number of nitrogens with one attached hydrogen (secondary N) is 1. The highest BCUT2D eigenvalue weighted by Gasteiger charge is 2.22. The molecule has 0 aromatic heterocycles. The van der Waals surface area contributed by atoms with E-state index in [2.05, 4.69) is 42.9 Å². The van der Waals surface area contributed by atoms with Crippen LogP contribution < -0.4 is 5.32 Å². The Bertz CT molecular complexity index is 366. The van der Waals surface area contributed by atoms with Crippen molar-refractivity contribution < 1.29 is 4.74 Å². The molecule has 0 bridgehead atoms. The van der Waals surface area contributed by atoms with E-state index in [0.717, 1.165) is 38.8 Å². The predicted octanol–water partition coefficient (Wildman–Crippen LogP) is 2.04. The van der Waals surface area contributed by atoms with Gasteiger partial charge in [0.15, 0.2) is 5.96 Å². The lowest BCUT2D eigenvalue weighted by Gasteiger charge is -2.35. The Morgan fingerprint density at radius 3 is 2.83 bits per heavy atom. The van der Waals surface area contributed by atoms with Crippen molar-refractivity contribution in [1.29, 1.82) is 0 Å². The number of piperidine rings is 1. The average molecular weight is 325 g/mol. The summed E-state index contributed by atoms with van der Waals surface area (Å²) in [5.41, 5.74) is 0. The van der Waals surface area contributed by atoms with Gasteiger partial charge in [-0.3, -0.25) is 4.99 Å². The Labute approximate surface area is 142 Å². The summed E-state index contributed by atoms with van der Waals surface area (Å²) in [6.45, 7) is 13.9. The fraction of sp³-hybridized carbons (Fsp3) is 0.944. The van der Waals surface area contributed by atoms with E-state index in [1.807, 2.05) is 0 Å². The summed E-state index contributed by atoms with van der Waals surface area (Å²) in [4.78, 5) is 9.81. The number of hydrogen-bond donors (Lipinski definition) is 1. The third kappa shape index (κ3) is 5.96. The Hall–Kier alpha value is -0.810. The second kappa shape index (κ2) is 9.48. The smallest absolute Gasteiger partial charge is 0.193 e. The highest BCUT2D eigenvalue weighted by Crippen LogP contribution is 2.19. The maximum Gasteiger partial charge on any atom is 0.193 e. The van der Waals surface area contributed by atoms with Crippen molar-refractivity contribution in [2.45, 2.75) is 46.1 Å². The highest BCUT2D eigenvalue weighted by molar-refractivity contribution is 5.79. The zero-order chi connectivity index (χ0) is 16.7. The van der Waals surface area contributed by atoms with Crippen LogP contribution in [0.2, 0.25) is 0 Å². The minimum absolute atomic E-state index is 0.648. The summed E-state index contributed by atoms with van der Waals surface area (Å²) in [5, 5.41) is 3.45. The molecule has 0 saturated carbocycles. The number of likely N-dealkylation sites (tertiary alicyclic amines) is 1. The number of aliphatic imine (C=N–C) groups is 1. The fourth-order valence-electron chi connectivity index (χ4n) is 3.60. The normalized spacial score (nSPS) is 26.7. The molecule has 0 aromatic carbocycles. The van der Waals surface area contributed by atoms with Crippen LogP contribution >= 0.6 is 0 Å². The van der Waals surface area contributed by atoms with Gasteiger partial charge in [-0.05, 0) is 52.5 Å². The molecule has 0 aromatic rings. The van der Waals surface area contributed by atoms with Gasteiger partial charge in [-0.15, -0.1) is 0 Å². The topological polar surface area (TPSA) is 40.1 Å². The van der Waals surface area contributed by atoms with Gasteiger partial charge in [0.05, 0.1) is 6.61 Å². The van der Waals surface area contributed by atoms with E-state index in [4.69, 9.17) is 9.73 Å². The molecule has 134 valence electrons. The zero-order valence-corrected chi connectivity index (χ0v) is 15.6. The zero-order valence-electron chi connectivity index (χ0n) is 15.6. The van der Waals surface area contributed by atoms with Crippen molar-refractivity contribution in [3.8, 4) is 0 Å². The van der Waals surface area contributed by atoms with Crippen LogP contribution in [-0.2, 0) is 4.74 Å². The minimum Gasteiger partial charge on any atom is -0.381 e. The summed E-state index contributed by atoms with van der Waals surface area (Å²) >= 11 is 0. The first-order chi connectivity index (χ1) is 11.1. The lowest BCUT2D eigenvalue weighted by atomic mass is 9.97. The van der Waals surface area contributed by atoms with Gasteiger partial charge < -0.3 is 19.9 Å². The molecule has 5 heteroatoms. The van der Waals surface area contributed by atoms with Crippen LogP contribution in [0.25, 0.3) is 0 Å². The molecule has 0 amide bonds. The lowest BCUT2D eigenvalue weighted by Crippen LogP contribution is -2.43. The molecule has 23 heavy (non-hydrogen) atoms. The van der Waals surface area contributed by atoms with Gasteiger partial charge in [-0.2, -0.15) is 0 Å². The quantitative estimate of drug-likeness (QED) is 0.599. The number of guanidine groups is 1. The standard InChI is InChI=1S/C18H36N4O/c1-5-19-18(21(4)12-17-8-10-23-14-17)20-11-16-7-6-9-22(13-16)15(2)3/h15-17H,5-14H2,1-4H3,(H,19,20). The Balaban J connectivity index is 1.86. The molecule has 0 radical (unpaired) electrons. The monoisotopic (exact) mass is 324 g/mol. The van der Waals surface area contributed by atoms with Crippen LogP contribution in [0.4, 0.5) is 0 Å². The van der Waals surface area contributed by atoms with E-state index in [1.165, 1.54) is 32.4 Å². The number of nitrogens with zero attached hydrogens (tertiary/aromatic N) is 3. The summed E-state index contributed by atoms with van der Waals surface area (Å²) in [6, 6.07) is 0.653. The largest absolute Gasteiger partial charge is 0.381 e. The predicted molar refractivity (Wildman–Crippen MR) is 97.0 cm³/mol. The maximum absolute atomic E-state index is 5.49. The van der Waals surface area contributed by atoms with E-state index in [9.17, 15) is 0 Å². The SMILES string of the molecule is CCNC(=NCC1CCCN(C(C)C)C1)N(C)CC1CCOC1. The van der Waals surface area contributed by atoms with Gasteiger partial charge in [-0.25, -0.2) is 0 Å². The van der Waals surface area contributed by atoms with E-state index in [1.54, 1.807) is 0 Å². The summed E-state index contributed by atoms with van der Waals surface area (Å²) in [6.07, 6.45) is 3.80. The van der Waals surface area contributed by atoms with E-state index >= 15 is 0 Å². The average Bonchev–Trinajstić information content (AvgIpc) is 3.04. The van der Waals surface area contributed by atoms with E-state index in [0.29, 0.717) is 17.9 Å².